The van der Waals surface area contributed by atoms with Crippen molar-refractivity contribution in [2.75, 3.05) is 7.05 Å². The molecule has 9 heteroatoms. The number of thioether (sulfide) groups is 1. The number of Topliss-reactive ketones (excluding diaryl/α,β-unsaturated/α-hetero) is 1. The average molecular weight is 439 g/mol. The van der Waals surface area contributed by atoms with Crippen LogP contribution in [0.3, 0.4) is 0 Å². The Balaban J connectivity index is 1.74. The summed E-state index contributed by atoms with van der Waals surface area (Å²) in [6.45, 7) is 6.78. The van der Waals surface area contributed by atoms with Gasteiger partial charge in [-0.25, -0.2) is 9.18 Å². The average Bonchev–Trinajstić information content (AvgIpc) is 3.10. The van der Waals surface area contributed by atoms with Crippen molar-refractivity contribution in [1.29, 1.82) is 0 Å². The normalized spacial score (nSPS) is 28.5. The molecule has 0 aliphatic carbocycles. The summed E-state index contributed by atoms with van der Waals surface area (Å²) < 4.78 is 32.4. The Bertz CT molecular complexity index is 813. The molecule has 2 aliphatic rings. The lowest BCUT2D eigenvalue weighted by atomic mass is 9.97. The molecule has 0 unspecified atom stereocenters. The highest BCUT2D eigenvalue weighted by atomic mass is 32.2. The van der Waals surface area contributed by atoms with E-state index in [9.17, 15) is 9.59 Å². The van der Waals surface area contributed by atoms with Crippen LogP contribution in [0.4, 0.5) is 9.18 Å². The lowest BCUT2D eigenvalue weighted by Gasteiger charge is -2.38. The minimum atomic E-state index is -1.56. The molecule has 3 rings (SSSR count). The van der Waals surface area contributed by atoms with E-state index in [1.54, 1.807) is 20.8 Å². The van der Waals surface area contributed by atoms with Gasteiger partial charge in [0.2, 0.25) is 0 Å². The Morgan fingerprint density at radius 2 is 1.93 bits per heavy atom. The zero-order valence-electron chi connectivity index (χ0n) is 17.7. The number of ether oxygens (including phenoxy) is 3. The van der Waals surface area contributed by atoms with Crippen molar-refractivity contribution in [3.05, 3.63) is 35.9 Å². The van der Waals surface area contributed by atoms with Gasteiger partial charge in [-0.1, -0.05) is 42.1 Å². The number of rotatable bonds is 4. The molecule has 0 saturated carbocycles. The van der Waals surface area contributed by atoms with Crippen LogP contribution < -0.4 is 0 Å². The third-order valence-corrected chi connectivity index (χ3v) is 5.83. The molecule has 0 N–H and O–H groups in total. The highest BCUT2D eigenvalue weighted by Crippen LogP contribution is 2.40. The molecule has 1 aromatic rings. The van der Waals surface area contributed by atoms with Gasteiger partial charge >= 0.3 is 6.09 Å². The first kappa shape index (κ1) is 22.7. The van der Waals surface area contributed by atoms with E-state index in [1.165, 1.54) is 18.9 Å². The van der Waals surface area contributed by atoms with Crippen molar-refractivity contribution in [2.45, 2.75) is 69.8 Å². The molecule has 1 aromatic carbocycles. The lowest BCUT2D eigenvalue weighted by molar-refractivity contribution is -0.172. The monoisotopic (exact) mass is 438 g/mol. The van der Waals surface area contributed by atoms with Gasteiger partial charge in [0.05, 0.1) is 6.61 Å². The fourth-order valence-electron chi connectivity index (χ4n) is 3.15. The molecule has 0 bridgehead atoms. The maximum Gasteiger partial charge on any atom is 0.416 e. The van der Waals surface area contributed by atoms with Gasteiger partial charge in [0.25, 0.3) is 0 Å². The summed E-state index contributed by atoms with van der Waals surface area (Å²) >= 11 is 1.10. The number of aliphatic imine (C=N–C) groups is 1. The summed E-state index contributed by atoms with van der Waals surface area (Å²) in [5.41, 5.74) is -0.522. The van der Waals surface area contributed by atoms with Crippen molar-refractivity contribution < 1.29 is 28.2 Å². The van der Waals surface area contributed by atoms with Crippen LogP contribution in [0, 0.1) is 0 Å². The van der Waals surface area contributed by atoms with Crippen LogP contribution in [-0.4, -0.2) is 64.5 Å². The van der Waals surface area contributed by atoms with Gasteiger partial charge in [-0.15, -0.1) is 0 Å². The van der Waals surface area contributed by atoms with E-state index in [2.05, 4.69) is 4.99 Å². The van der Waals surface area contributed by atoms with E-state index in [-0.39, 0.29) is 17.6 Å². The fourth-order valence-corrected chi connectivity index (χ4v) is 4.30. The van der Waals surface area contributed by atoms with Crippen LogP contribution in [0.5, 0.6) is 0 Å². The Labute approximate surface area is 180 Å². The largest absolute Gasteiger partial charge is 0.443 e. The number of carbonyl (C=O) groups excluding carboxylic acids is 2. The second-order valence-corrected chi connectivity index (χ2v) is 9.37. The molecular weight excluding hydrogens is 411 g/mol. The molecule has 7 nitrogen and oxygen atoms in total. The number of halogens is 1. The fraction of sp³-hybridized carbons (Fsp3) is 0.571. The lowest BCUT2D eigenvalue weighted by Crippen LogP contribution is -2.56. The molecule has 30 heavy (non-hydrogen) atoms. The molecule has 0 aromatic heterocycles. The number of amides is 1. The van der Waals surface area contributed by atoms with Crippen molar-refractivity contribution in [2.24, 2.45) is 4.99 Å². The van der Waals surface area contributed by atoms with Gasteiger partial charge in [0.1, 0.15) is 29.3 Å². The topological polar surface area (TPSA) is 77.4 Å². The highest BCUT2D eigenvalue weighted by molar-refractivity contribution is 8.14. The second-order valence-electron chi connectivity index (χ2n) is 8.30. The molecule has 164 valence electrons. The van der Waals surface area contributed by atoms with Gasteiger partial charge < -0.3 is 14.2 Å². The third kappa shape index (κ3) is 5.19. The van der Waals surface area contributed by atoms with E-state index in [0.29, 0.717) is 0 Å². The van der Waals surface area contributed by atoms with Gasteiger partial charge in [0, 0.05) is 7.05 Å². The van der Waals surface area contributed by atoms with E-state index in [4.69, 9.17) is 14.2 Å². The number of amidine groups is 1. The summed E-state index contributed by atoms with van der Waals surface area (Å²) in [4.78, 5) is 30.0. The van der Waals surface area contributed by atoms with E-state index < -0.39 is 41.6 Å². The quantitative estimate of drug-likeness (QED) is 0.715. The minimum Gasteiger partial charge on any atom is -0.443 e. The van der Waals surface area contributed by atoms with Crippen LogP contribution in [0.1, 0.15) is 33.3 Å². The number of ketones is 1. The van der Waals surface area contributed by atoms with Crippen LogP contribution in [0.15, 0.2) is 35.3 Å². The summed E-state index contributed by atoms with van der Waals surface area (Å²) in [5, 5.41) is 0.285. The van der Waals surface area contributed by atoms with Crippen molar-refractivity contribution >= 4 is 28.8 Å². The Morgan fingerprint density at radius 1 is 1.27 bits per heavy atom. The first-order valence-electron chi connectivity index (χ1n) is 9.73. The zero-order valence-corrected chi connectivity index (χ0v) is 18.5. The molecule has 5 atom stereocenters. The predicted octanol–water partition coefficient (Wildman–Crippen LogP) is 3.56. The van der Waals surface area contributed by atoms with Gasteiger partial charge in [-0.3, -0.25) is 14.7 Å². The molecule has 0 radical (unpaired) electrons. The first-order chi connectivity index (χ1) is 14.1. The van der Waals surface area contributed by atoms with E-state index in [1.807, 2.05) is 30.3 Å². The first-order valence-corrected chi connectivity index (χ1v) is 10.6. The maximum absolute atomic E-state index is 15.4. The van der Waals surface area contributed by atoms with Gasteiger partial charge in [0.15, 0.2) is 17.1 Å². The molecule has 2 aliphatic heterocycles. The zero-order chi connectivity index (χ0) is 22.1. The van der Waals surface area contributed by atoms with Crippen molar-refractivity contribution in [3.63, 3.8) is 0 Å². The molecule has 1 saturated heterocycles. The molecule has 0 spiro atoms. The summed E-state index contributed by atoms with van der Waals surface area (Å²) in [7, 11) is 1.51. The Morgan fingerprint density at radius 3 is 2.53 bits per heavy atom. The number of fused-ring (bicyclic) bond motifs is 1. The number of carbonyl (C=O) groups is 2. The van der Waals surface area contributed by atoms with Crippen LogP contribution >= 0.6 is 11.8 Å². The Kier molecular flexibility index (Phi) is 6.84. The van der Waals surface area contributed by atoms with E-state index >= 15 is 4.39 Å². The number of nitrogens with zero attached hydrogens (tertiary/aromatic N) is 2. The van der Waals surface area contributed by atoms with Crippen LogP contribution in [0.2, 0.25) is 0 Å². The van der Waals surface area contributed by atoms with E-state index in [0.717, 1.165) is 17.3 Å². The number of benzene rings is 1. The minimum absolute atomic E-state index is 0.151. The highest BCUT2D eigenvalue weighted by Gasteiger charge is 2.52. The number of hydrogen-bond acceptors (Lipinski definition) is 7. The molecule has 1 fully saturated rings. The van der Waals surface area contributed by atoms with Crippen LogP contribution in [0.25, 0.3) is 0 Å². The standard InChI is InChI=1S/C21H27FN2O5S/c1-12(25)16-17(27-11-13-9-7-6-8-10-13)14(22)15-18(28-16)30-19(23-15)24(5)20(26)29-21(2,3)4/h6-10,14-18H,11H2,1-5H3/t14-,15-,16-,17+,18-/m1/s1. The number of alkyl halides is 1. The SMILES string of the molecule is CC(=O)[C@H]1O[C@@H]2SC(N(C)C(=O)OC(C)(C)C)=N[C@@H]2[C@@H](F)[C@@H]1OCc1ccccc1. The summed E-state index contributed by atoms with van der Waals surface area (Å²) in [5.74, 6) is -0.316. The summed E-state index contributed by atoms with van der Waals surface area (Å²) in [6, 6.07) is 8.43. The summed E-state index contributed by atoms with van der Waals surface area (Å²) in [6.07, 6.45) is -4.28. The molecule has 2 heterocycles. The number of hydrogen-bond donors (Lipinski definition) is 0. The predicted molar refractivity (Wildman–Crippen MR) is 112 cm³/mol. The smallest absolute Gasteiger partial charge is 0.416 e. The van der Waals surface area contributed by atoms with Crippen LogP contribution in [-0.2, 0) is 25.6 Å². The van der Waals surface area contributed by atoms with Gasteiger partial charge in [-0.05, 0) is 33.3 Å². The second kappa shape index (κ2) is 9.03. The molecular formula is C21H27FN2O5S. The molecule has 1 amide bonds. The Hall–Kier alpha value is -1.97. The van der Waals surface area contributed by atoms with Crippen molar-refractivity contribution in [1.82, 2.24) is 4.90 Å². The van der Waals surface area contributed by atoms with Gasteiger partial charge in [-0.2, -0.15) is 0 Å². The third-order valence-electron chi connectivity index (χ3n) is 4.62. The maximum atomic E-state index is 15.4. The van der Waals surface area contributed by atoms with Crippen molar-refractivity contribution in [3.8, 4) is 0 Å².